The summed E-state index contributed by atoms with van der Waals surface area (Å²) in [6, 6.07) is 0.478. The first-order chi connectivity index (χ1) is 5.79. The summed E-state index contributed by atoms with van der Waals surface area (Å²) in [5, 5.41) is 0. The third kappa shape index (κ3) is 1.05. The molecule has 0 spiro atoms. The van der Waals surface area contributed by atoms with Crippen molar-refractivity contribution in [3.05, 3.63) is 17.7 Å². The van der Waals surface area contributed by atoms with Gasteiger partial charge in [0.15, 0.2) is 0 Å². The molecule has 1 aliphatic rings. The Kier molecular flexibility index (Phi) is 1.71. The third-order valence-electron chi connectivity index (χ3n) is 2.16. The largest absolute Gasteiger partial charge is 0.327 e. The minimum absolute atomic E-state index is 0.478. The summed E-state index contributed by atoms with van der Waals surface area (Å²) < 4.78 is 2.16. The van der Waals surface area contributed by atoms with Crippen LogP contribution in [0.3, 0.4) is 0 Å². The molecule has 3 heteroatoms. The van der Waals surface area contributed by atoms with Crippen molar-refractivity contribution in [3.63, 3.8) is 0 Å². The van der Waals surface area contributed by atoms with Crippen LogP contribution in [0.1, 0.15) is 31.3 Å². The number of hydrogen-bond donors (Lipinski definition) is 0. The van der Waals surface area contributed by atoms with Crippen molar-refractivity contribution >= 4 is 6.21 Å². The average molecular weight is 163 g/mol. The lowest BCUT2D eigenvalue weighted by atomic mass is 10.2. The molecule has 0 N–H and O–H groups in total. The minimum atomic E-state index is 0.478. The van der Waals surface area contributed by atoms with E-state index in [0.29, 0.717) is 6.04 Å². The second-order valence-corrected chi connectivity index (χ2v) is 3.36. The van der Waals surface area contributed by atoms with Crippen LogP contribution in [0.5, 0.6) is 0 Å². The van der Waals surface area contributed by atoms with E-state index in [2.05, 4.69) is 28.4 Å². The van der Waals surface area contributed by atoms with Gasteiger partial charge in [-0.3, -0.25) is 4.99 Å². The van der Waals surface area contributed by atoms with Gasteiger partial charge in [0.25, 0.3) is 0 Å². The standard InChI is InChI=1S/C9H13N3/c1-7(2)12-6-11-8-3-4-10-5-9(8)12/h5-7H,3-4H2,1-2H3. The molecule has 0 unspecified atom stereocenters. The number of nitrogens with zero attached hydrogens (tertiary/aromatic N) is 3. The number of aromatic nitrogens is 2. The zero-order valence-electron chi connectivity index (χ0n) is 7.49. The molecular weight excluding hydrogens is 150 g/mol. The van der Waals surface area contributed by atoms with Crippen molar-refractivity contribution in [2.75, 3.05) is 6.54 Å². The van der Waals surface area contributed by atoms with Gasteiger partial charge < -0.3 is 4.57 Å². The van der Waals surface area contributed by atoms with E-state index in [9.17, 15) is 0 Å². The number of aliphatic imine (C=N–C) groups is 1. The molecule has 3 nitrogen and oxygen atoms in total. The highest BCUT2D eigenvalue weighted by Crippen LogP contribution is 2.14. The Bertz CT molecular complexity index is 310. The highest BCUT2D eigenvalue weighted by molar-refractivity contribution is 5.80. The summed E-state index contributed by atoms with van der Waals surface area (Å²) >= 11 is 0. The minimum Gasteiger partial charge on any atom is -0.327 e. The van der Waals surface area contributed by atoms with Gasteiger partial charge in [0.2, 0.25) is 0 Å². The van der Waals surface area contributed by atoms with Gasteiger partial charge in [-0.05, 0) is 13.8 Å². The zero-order chi connectivity index (χ0) is 8.55. The predicted octanol–water partition coefficient (Wildman–Crippen LogP) is 1.44. The lowest BCUT2D eigenvalue weighted by molar-refractivity contribution is 0.595. The number of hydrogen-bond acceptors (Lipinski definition) is 2. The van der Waals surface area contributed by atoms with E-state index in [0.717, 1.165) is 13.0 Å². The van der Waals surface area contributed by atoms with E-state index in [1.807, 2.05) is 12.5 Å². The van der Waals surface area contributed by atoms with Crippen LogP contribution in [0.15, 0.2) is 11.3 Å². The van der Waals surface area contributed by atoms with E-state index in [-0.39, 0.29) is 0 Å². The normalized spacial score (nSPS) is 15.2. The highest BCUT2D eigenvalue weighted by atomic mass is 15.1. The van der Waals surface area contributed by atoms with Gasteiger partial charge >= 0.3 is 0 Å². The van der Waals surface area contributed by atoms with Crippen LogP contribution in [0.2, 0.25) is 0 Å². The zero-order valence-corrected chi connectivity index (χ0v) is 7.49. The quantitative estimate of drug-likeness (QED) is 0.616. The Morgan fingerprint density at radius 1 is 1.50 bits per heavy atom. The number of rotatable bonds is 1. The lowest BCUT2D eigenvalue weighted by Crippen LogP contribution is -2.09. The Hall–Kier alpha value is -1.12. The third-order valence-corrected chi connectivity index (χ3v) is 2.16. The Morgan fingerprint density at radius 2 is 2.33 bits per heavy atom. The molecule has 1 aromatic rings. The summed E-state index contributed by atoms with van der Waals surface area (Å²) in [5.74, 6) is 0. The summed E-state index contributed by atoms with van der Waals surface area (Å²) in [4.78, 5) is 8.60. The summed E-state index contributed by atoms with van der Waals surface area (Å²) in [6.45, 7) is 5.21. The fourth-order valence-corrected chi connectivity index (χ4v) is 1.48. The molecule has 0 bridgehead atoms. The Morgan fingerprint density at radius 3 is 3.08 bits per heavy atom. The topological polar surface area (TPSA) is 30.2 Å². The average Bonchev–Trinajstić information content (AvgIpc) is 2.47. The molecule has 0 saturated carbocycles. The first-order valence-electron chi connectivity index (χ1n) is 4.34. The van der Waals surface area contributed by atoms with Crippen molar-refractivity contribution in [1.29, 1.82) is 0 Å². The smallest absolute Gasteiger partial charge is 0.0957 e. The second kappa shape index (κ2) is 2.73. The van der Waals surface area contributed by atoms with E-state index in [1.165, 1.54) is 11.4 Å². The van der Waals surface area contributed by atoms with Crippen LogP contribution in [-0.4, -0.2) is 22.3 Å². The molecule has 2 heterocycles. The number of imidazole rings is 1. The van der Waals surface area contributed by atoms with Crippen molar-refractivity contribution in [2.24, 2.45) is 4.99 Å². The monoisotopic (exact) mass is 163 g/mol. The van der Waals surface area contributed by atoms with Gasteiger partial charge in [0.1, 0.15) is 0 Å². The SMILES string of the molecule is CC(C)n1cnc2c1C=NCC2. The molecule has 64 valence electrons. The van der Waals surface area contributed by atoms with Gasteiger partial charge in [-0.1, -0.05) is 0 Å². The predicted molar refractivity (Wildman–Crippen MR) is 48.8 cm³/mol. The van der Waals surface area contributed by atoms with Crippen LogP contribution in [0, 0.1) is 0 Å². The van der Waals surface area contributed by atoms with Gasteiger partial charge in [-0.2, -0.15) is 0 Å². The lowest BCUT2D eigenvalue weighted by Gasteiger charge is -2.11. The number of fused-ring (bicyclic) bond motifs is 1. The van der Waals surface area contributed by atoms with Gasteiger partial charge in [-0.15, -0.1) is 0 Å². The maximum absolute atomic E-state index is 4.35. The molecule has 1 aliphatic heterocycles. The van der Waals surface area contributed by atoms with E-state index in [1.54, 1.807) is 0 Å². The first-order valence-corrected chi connectivity index (χ1v) is 4.34. The molecule has 0 amide bonds. The van der Waals surface area contributed by atoms with E-state index in [4.69, 9.17) is 0 Å². The van der Waals surface area contributed by atoms with Crippen LogP contribution in [0.25, 0.3) is 0 Å². The Balaban J connectivity index is 2.47. The molecular formula is C9H13N3. The molecule has 1 aromatic heterocycles. The second-order valence-electron chi connectivity index (χ2n) is 3.36. The van der Waals surface area contributed by atoms with Gasteiger partial charge in [-0.25, -0.2) is 4.98 Å². The summed E-state index contributed by atoms with van der Waals surface area (Å²) in [6.07, 6.45) is 4.84. The van der Waals surface area contributed by atoms with Crippen LogP contribution in [-0.2, 0) is 6.42 Å². The molecule has 12 heavy (non-hydrogen) atoms. The van der Waals surface area contributed by atoms with Crippen molar-refractivity contribution in [3.8, 4) is 0 Å². The van der Waals surface area contributed by atoms with Gasteiger partial charge in [0.05, 0.1) is 17.7 Å². The van der Waals surface area contributed by atoms with Crippen molar-refractivity contribution in [1.82, 2.24) is 9.55 Å². The first kappa shape index (κ1) is 7.53. The fourth-order valence-electron chi connectivity index (χ4n) is 1.48. The van der Waals surface area contributed by atoms with E-state index < -0.39 is 0 Å². The molecule has 0 aliphatic carbocycles. The van der Waals surface area contributed by atoms with Gasteiger partial charge in [0, 0.05) is 25.2 Å². The van der Waals surface area contributed by atoms with Crippen LogP contribution < -0.4 is 0 Å². The molecule has 0 saturated heterocycles. The van der Waals surface area contributed by atoms with Crippen molar-refractivity contribution < 1.29 is 0 Å². The fraction of sp³-hybridized carbons (Fsp3) is 0.556. The van der Waals surface area contributed by atoms with Crippen molar-refractivity contribution in [2.45, 2.75) is 26.3 Å². The molecule has 0 aromatic carbocycles. The molecule has 0 radical (unpaired) electrons. The molecule has 0 atom stereocenters. The van der Waals surface area contributed by atoms with Crippen LogP contribution in [0.4, 0.5) is 0 Å². The maximum Gasteiger partial charge on any atom is 0.0957 e. The summed E-state index contributed by atoms with van der Waals surface area (Å²) in [7, 11) is 0. The highest BCUT2D eigenvalue weighted by Gasteiger charge is 2.12. The summed E-state index contributed by atoms with van der Waals surface area (Å²) in [5.41, 5.74) is 2.38. The maximum atomic E-state index is 4.35. The Labute approximate surface area is 72.1 Å². The van der Waals surface area contributed by atoms with Crippen LogP contribution >= 0.6 is 0 Å². The molecule has 0 fully saturated rings. The molecule has 2 rings (SSSR count). The van der Waals surface area contributed by atoms with E-state index >= 15 is 0 Å².